The summed E-state index contributed by atoms with van der Waals surface area (Å²) in [5.41, 5.74) is 2.28. The number of nitro groups is 1. The fraction of sp³-hybridized carbons (Fsp3) is 0.385. The maximum absolute atomic E-state index is 13.4. The Bertz CT molecular complexity index is 1250. The van der Waals surface area contributed by atoms with Gasteiger partial charge in [-0.2, -0.15) is 0 Å². The number of fused-ring (bicyclic) bond motifs is 3. The SMILES string of the molecule is O=C(CCC1N=C2c3ccccc3N=C(SCc3cccc([N+](=O)[O-])c3)N2C1=O)NC1CCCCC1. The molecule has 1 unspecified atom stereocenters. The van der Waals surface area contributed by atoms with Gasteiger partial charge in [-0.25, -0.2) is 9.89 Å². The van der Waals surface area contributed by atoms with Crippen molar-refractivity contribution < 1.29 is 14.5 Å². The number of nitrogens with one attached hydrogen (secondary N) is 1. The summed E-state index contributed by atoms with van der Waals surface area (Å²) in [5.74, 6) is 0.725. The summed E-state index contributed by atoms with van der Waals surface area (Å²) in [6.45, 7) is 0. The monoisotopic (exact) mass is 505 g/mol. The topological polar surface area (TPSA) is 117 Å². The zero-order chi connectivity index (χ0) is 25.1. The molecular weight excluding hydrogens is 478 g/mol. The van der Waals surface area contributed by atoms with Crippen molar-refractivity contribution in [2.45, 2.75) is 62.8 Å². The molecule has 2 aliphatic heterocycles. The number of thioether (sulfide) groups is 1. The molecular formula is C26H27N5O4S. The number of hydrogen-bond acceptors (Lipinski definition) is 7. The number of rotatable bonds is 7. The van der Waals surface area contributed by atoms with Crippen molar-refractivity contribution in [3.8, 4) is 0 Å². The highest BCUT2D eigenvalue weighted by molar-refractivity contribution is 8.13. The maximum atomic E-state index is 13.4. The van der Waals surface area contributed by atoms with Gasteiger partial charge >= 0.3 is 0 Å². The van der Waals surface area contributed by atoms with E-state index in [2.05, 4.69) is 5.32 Å². The van der Waals surface area contributed by atoms with Crippen LogP contribution in [0.1, 0.15) is 56.1 Å². The fourth-order valence-corrected chi connectivity index (χ4v) is 5.75. The van der Waals surface area contributed by atoms with Gasteiger partial charge in [-0.05, 0) is 37.0 Å². The van der Waals surface area contributed by atoms with E-state index in [0.29, 0.717) is 23.2 Å². The van der Waals surface area contributed by atoms with E-state index >= 15 is 0 Å². The number of nitro benzene ring substituents is 1. The van der Waals surface area contributed by atoms with Gasteiger partial charge in [0.1, 0.15) is 11.9 Å². The van der Waals surface area contributed by atoms with Gasteiger partial charge in [0.25, 0.3) is 11.6 Å². The minimum absolute atomic E-state index is 0.0232. The number of nitrogens with zero attached hydrogens (tertiary/aromatic N) is 4. The van der Waals surface area contributed by atoms with Crippen LogP contribution in [-0.2, 0) is 15.3 Å². The largest absolute Gasteiger partial charge is 0.353 e. The molecule has 0 bridgehead atoms. The number of carbonyl (C=O) groups is 2. The minimum atomic E-state index is -0.646. The van der Waals surface area contributed by atoms with Crippen LogP contribution >= 0.6 is 11.8 Å². The maximum Gasteiger partial charge on any atom is 0.269 e. The van der Waals surface area contributed by atoms with Crippen molar-refractivity contribution in [1.29, 1.82) is 0 Å². The Morgan fingerprint density at radius 3 is 2.75 bits per heavy atom. The van der Waals surface area contributed by atoms with Crippen LogP contribution in [-0.4, -0.2) is 44.7 Å². The molecule has 2 amide bonds. The lowest BCUT2D eigenvalue weighted by Gasteiger charge is -2.25. The summed E-state index contributed by atoms with van der Waals surface area (Å²) in [6, 6.07) is 13.5. The molecule has 1 aliphatic carbocycles. The van der Waals surface area contributed by atoms with Gasteiger partial charge in [0.05, 0.1) is 10.6 Å². The molecule has 36 heavy (non-hydrogen) atoms. The van der Waals surface area contributed by atoms with E-state index < -0.39 is 11.0 Å². The number of benzene rings is 2. The summed E-state index contributed by atoms with van der Waals surface area (Å²) in [5, 5.41) is 14.7. The Morgan fingerprint density at radius 2 is 1.94 bits per heavy atom. The molecule has 0 spiro atoms. The van der Waals surface area contributed by atoms with Crippen LogP contribution in [0, 0.1) is 10.1 Å². The Hall–Kier alpha value is -3.53. The van der Waals surface area contributed by atoms with Gasteiger partial charge in [0, 0.05) is 35.9 Å². The van der Waals surface area contributed by atoms with Crippen molar-refractivity contribution in [2.24, 2.45) is 9.98 Å². The first-order valence-electron chi connectivity index (χ1n) is 12.2. The quantitative estimate of drug-likeness (QED) is 0.432. The summed E-state index contributed by atoms with van der Waals surface area (Å²) in [7, 11) is 0. The first-order chi connectivity index (χ1) is 17.5. The number of amidine groups is 2. The van der Waals surface area contributed by atoms with E-state index in [9.17, 15) is 19.7 Å². The van der Waals surface area contributed by atoms with Crippen LogP contribution in [0.5, 0.6) is 0 Å². The number of non-ortho nitro benzene ring substituents is 1. The molecule has 5 rings (SSSR count). The van der Waals surface area contributed by atoms with Crippen molar-refractivity contribution in [3.05, 3.63) is 69.8 Å². The van der Waals surface area contributed by atoms with E-state index in [1.807, 2.05) is 30.3 Å². The third-order valence-corrected chi connectivity index (χ3v) is 7.66. The van der Waals surface area contributed by atoms with Crippen molar-refractivity contribution in [3.63, 3.8) is 0 Å². The van der Waals surface area contributed by atoms with E-state index in [-0.39, 0.29) is 30.0 Å². The highest BCUT2D eigenvalue weighted by Crippen LogP contribution is 2.35. The van der Waals surface area contributed by atoms with Crippen molar-refractivity contribution >= 4 is 46.0 Å². The molecule has 2 heterocycles. The highest BCUT2D eigenvalue weighted by Gasteiger charge is 2.41. The van der Waals surface area contributed by atoms with Gasteiger partial charge in [0.15, 0.2) is 5.17 Å². The smallest absolute Gasteiger partial charge is 0.269 e. The predicted octanol–water partition coefficient (Wildman–Crippen LogP) is 4.72. The highest BCUT2D eigenvalue weighted by atomic mass is 32.2. The average molecular weight is 506 g/mol. The van der Waals surface area contributed by atoms with Crippen LogP contribution in [0.2, 0.25) is 0 Å². The first-order valence-corrected chi connectivity index (χ1v) is 13.2. The van der Waals surface area contributed by atoms with Gasteiger partial charge < -0.3 is 5.32 Å². The fourth-order valence-electron chi connectivity index (χ4n) is 4.81. The molecule has 10 heteroatoms. The van der Waals surface area contributed by atoms with Gasteiger partial charge in [-0.3, -0.25) is 24.7 Å². The molecule has 186 valence electrons. The zero-order valence-corrected chi connectivity index (χ0v) is 20.6. The second kappa shape index (κ2) is 10.6. The van der Waals surface area contributed by atoms with Crippen molar-refractivity contribution in [2.75, 3.05) is 0 Å². The zero-order valence-electron chi connectivity index (χ0n) is 19.8. The summed E-state index contributed by atoms with van der Waals surface area (Å²) >= 11 is 1.34. The molecule has 9 nitrogen and oxygen atoms in total. The third kappa shape index (κ3) is 5.18. The van der Waals surface area contributed by atoms with E-state index in [0.717, 1.165) is 42.5 Å². The molecule has 0 aromatic heterocycles. The number of para-hydroxylation sites is 1. The van der Waals surface area contributed by atoms with E-state index in [1.54, 1.807) is 6.07 Å². The summed E-state index contributed by atoms with van der Waals surface area (Å²) in [4.78, 5) is 47.6. The Kier molecular flexibility index (Phi) is 7.13. The Balaban J connectivity index is 1.30. The van der Waals surface area contributed by atoms with E-state index in [1.165, 1.54) is 35.2 Å². The van der Waals surface area contributed by atoms with Crippen LogP contribution < -0.4 is 5.32 Å². The predicted molar refractivity (Wildman–Crippen MR) is 139 cm³/mol. The molecule has 1 atom stereocenters. The van der Waals surface area contributed by atoms with Crippen LogP contribution in [0.15, 0.2) is 58.5 Å². The molecule has 0 radical (unpaired) electrons. The summed E-state index contributed by atoms with van der Waals surface area (Å²) < 4.78 is 0. The number of aliphatic imine (C=N–C) groups is 2. The Labute approximate surface area is 213 Å². The lowest BCUT2D eigenvalue weighted by Crippen LogP contribution is -2.41. The van der Waals surface area contributed by atoms with E-state index in [4.69, 9.17) is 9.98 Å². The average Bonchev–Trinajstić information content (AvgIpc) is 3.23. The van der Waals surface area contributed by atoms with Gasteiger partial charge in [-0.1, -0.05) is 55.3 Å². The standard InChI is InChI=1S/C26H27N5O4S/c32-23(27-18-8-2-1-3-9-18)14-13-22-25(33)30-24(28-22)20-11-4-5-12-21(20)29-26(30)36-16-17-7-6-10-19(15-17)31(34)35/h4-7,10-12,15,18,22H,1-3,8-9,13-14,16H2,(H,27,32). The molecule has 3 aliphatic rings. The van der Waals surface area contributed by atoms with Gasteiger partial charge in [-0.15, -0.1) is 0 Å². The number of carbonyl (C=O) groups excluding carboxylic acids is 2. The molecule has 1 fully saturated rings. The molecule has 2 aromatic rings. The number of hydrogen-bond donors (Lipinski definition) is 1. The van der Waals surface area contributed by atoms with Gasteiger partial charge in [0.2, 0.25) is 5.91 Å². The lowest BCUT2D eigenvalue weighted by molar-refractivity contribution is -0.384. The normalized spacial score (nSPS) is 19.3. The molecule has 0 saturated heterocycles. The first kappa shape index (κ1) is 24.2. The van der Waals surface area contributed by atoms with Crippen LogP contribution in [0.25, 0.3) is 0 Å². The third-order valence-electron chi connectivity index (χ3n) is 6.65. The second-order valence-corrected chi connectivity index (χ2v) is 10.2. The summed E-state index contributed by atoms with van der Waals surface area (Å²) in [6.07, 6.45) is 6.12. The molecule has 1 saturated carbocycles. The molecule has 2 aromatic carbocycles. The Morgan fingerprint density at radius 1 is 1.14 bits per heavy atom. The van der Waals surface area contributed by atoms with Crippen LogP contribution in [0.3, 0.4) is 0 Å². The second-order valence-electron chi connectivity index (χ2n) is 9.21. The lowest BCUT2D eigenvalue weighted by atomic mass is 9.95. The minimum Gasteiger partial charge on any atom is -0.353 e. The van der Waals surface area contributed by atoms with Crippen molar-refractivity contribution in [1.82, 2.24) is 10.2 Å². The molecule has 1 N–H and O–H groups in total. The van der Waals surface area contributed by atoms with Crippen LogP contribution in [0.4, 0.5) is 11.4 Å². The number of amides is 2.